The zero-order valence-corrected chi connectivity index (χ0v) is 14.6. The molecule has 4 nitrogen and oxygen atoms in total. The summed E-state index contributed by atoms with van der Waals surface area (Å²) in [5, 5.41) is 4.05. The molecule has 2 aromatic heterocycles. The third-order valence-electron chi connectivity index (χ3n) is 3.74. The van der Waals surface area contributed by atoms with Gasteiger partial charge in [0.25, 0.3) is 0 Å². The van der Waals surface area contributed by atoms with Gasteiger partial charge in [0.2, 0.25) is 5.91 Å². The second-order valence-electron chi connectivity index (χ2n) is 5.47. The molecule has 0 aliphatic rings. The Hall–Kier alpha value is -2.53. The summed E-state index contributed by atoms with van der Waals surface area (Å²) >= 11 is 1.58. The minimum Gasteiger partial charge on any atom is -0.334 e. The molecule has 2 heterocycles. The van der Waals surface area contributed by atoms with Crippen LogP contribution in [0, 0.1) is 6.92 Å². The van der Waals surface area contributed by atoms with Gasteiger partial charge in [-0.15, -0.1) is 11.3 Å². The van der Waals surface area contributed by atoms with E-state index in [-0.39, 0.29) is 5.91 Å². The zero-order valence-electron chi connectivity index (χ0n) is 13.8. The first-order chi connectivity index (χ1) is 11.7. The highest BCUT2D eigenvalue weighted by Crippen LogP contribution is 2.14. The molecule has 1 amide bonds. The summed E-state index contributed by atoms with van der Waals surface area (Å²) in [7, 11) is 0. The smallest absolute Gasteiger partial charge is 0.246 e. The van der Waals surface area contributed by atoms with Crippen molar-refractivity contribution in [2.75, 3.05) is 6.54 Å². The number of thiazole rings is 1. The summed E-state index contributed by atoms with van der Waals surface area (Å²) in [6.07, 6.45) is 3.35. The molecule has 0 spiro atoms. The van der Waals surface area contributed by atoms with Crippen molar-refractivity contribution in [1.82, 2.24) is 14.9 Å². The lowest BCUT2D eigenvalue weighted by Crippen LogP contribution is -2.29. The number of para-hydroxylation sites is 1. The highest BCUT2D eigenvalue weighted by molar-refractivity contribution is 7.09. The number of benzene rings is 1. The van der Waals surface area contributed by atoms with Crippen LogP contribution in [0.5, 0.6) is 0 Å². The minimum atomic E-state index is -0.0295. The molecule has 5 heteroatoms. The standard InChI is InChI=1S/C19H19N3OS/c1-3-22(19(23)11-10-17-13-24-14(2)20-17)12-16-9-8-15-6-4-5-7-18(15)21-16/h4-11,13H,3,12H2,1-2H3/b11-10+. The first-order valence-corrected chi connectivity index (χ1v) is 8.77. The monoisotopic (exact) mass is 337 g/mol. The van der Waals surface area contributed by atoms with E-state index in [1.807, 2.05) is 55.6 Å². The van der Waals surface area contributed by atoms with E-state index in [1.54, 1.807) is 28.4 Å². The molecule has 0 N–H and O–H groups in total. The summed E-state index contributed by atoms with van der Waals surface area (Å²) in [6.45, 7) is 5.06. The Morgan fingerprint density at radius 2 is 2.04 bits per heavy atom. The maximum absolute atomic E-state index is 12.4. The first kappa shape index (κ1) is 16.3. The van der Waals surface area contributed by atoms with Crippen molar-refractivity contribution in [2.24, 2.45) is 0 Å². The highest BCUT2D eigenvalue weighted by atomic mass is 32.1. The number of carbonyl (C=O) groups excluding carboxylic acids is 1. The molecular formula is C19H19N3OS. The Balaban J connectivity index is 1.72. The second kappa shape index (κ2) is 7.36. The normalized spacial score (nSPS) is 11.2. The van der Waals surface area contributed by atoms with Crippen LogP contribution in [0.2, 0.25) is 0 Å². The number of hydrogen-bond donors (Lipinski definition) is 0. The van der Waals surface area contributed by atoms with Gasteiger partial charge in [-0.05, 0) is 32.1 Å². The lowest BCUT2D eigenvalue weighted by Gasteiger charge is -2.18. The van der Waals surface area contributed by atoms with Crippen LogP contribution in [0.3, 0.4) is 0 Å². The van der Waals surface area contributed by atoms with E-state index >= 15 is 0 Å². The van der Waals surface area contributed by atoms with Crippen molar-refractivity contribution in [2.45, 2.75) is 20.4 Å². The van der Waals surface area contributed by atoms with Crippen LogP contribution in [0.1, 0.15) is 23.3 Å². The Bertz CT molecular complexity index is 885. The van der Waals surface area contributed by atoms with Crippen molar-refractivity contribution in [3.05, 3.63) is 64.2 Å². The van der Waals surface area contributed by atoms with Gasteiger partial charge in [0.1, 0.15) is 0 Å². The van der Waals surface area contributed by atoms with Gasteiger partial charge in [-0.25, -0.2) is 4.98 Å². The highest BCUT2D eigenvalue weighted by Gasteiger charge is 2.10. The van der Waals surface area contributed by atoms with Gasteiger partial charge in [0.05, 0.1) is 28.5 Å². The number of amides is 1. The maximum Gasteiger partial charge on any atom is 0.246 e. The molecule has 24 heavy (non-hydrogen) atoms. The molecule has 0 aliphatic heterocycles. The van der Waals surface area contributed by atoms with E-state index in [0.717, 1.165) is 27.3 Å². The summed E-state index contributed by atoms with van der Waals surface area (Å²) in [6, 6.07) is 12.0. The van der Waals surface area contributed by atoms with Crippen LogP contribution in [-0.2, 0) is 11.3 Å². The van der Waals surface area contributed by atoms with Crippen LogP contribution in [0.4, 0.5) is 0 Å². The number of nitrogens with zero attached hydrogens (tertiary/aromatic N) is 3. The molecule has 0 bridgehead atoms. The summed E-state index contributed by atoms with van der Waals surface area (Å²) in [5.41, 5.74) is 2.67. The van der Waals surface area contributed by atoms with E-state index < -0.39 is 0 Å². The number of likely N-dealkylation sites (N-methyl/N-ethyl adjacent to an activating group) is 1. The number of pyridine rings is 1. The van der Waals surface area contributed by atoms with E-state index in [9.17, 15) is 4.79 Å². The third-order valence-corrected chi connectivity index (χ3v) is 4.53. The van der Waals surface area contributed by atoms with Gasteiger partial charge in [-0.1, -0.05) is 24.3 Å². The molecule has 122 valence electrons. The van der Waals surface area contributed by atoms with E-state index in [4.69, 9.17) is 0 Å². The largest absolute Gasteiger partial charge is 0.334 e. The van der Waals surface area contributed by atoms with Gasteiger partial charge in [0.15, 0.2) is 0 Å². The van der Waals surface area contributed by atoms with Gasteiger partial charge < -0.3 is 4.90 Å². The topological polar surface area (TPSA) is 46.1 Å². The summed E-state index contributed by atoms with van der Waals surface area (Å²) in [5.74, 6) is -0.0295. The van der Waals surface area contributed by atoms with Crippen molar-refractivity contribution in [3.63, 3.8) is 0 Å². The molecule has 0 saturated carbocycles. The van der Waals surface area contributed by atoms with Gasteiger partial charge >= 0.3 is 0 Å². The fourth-order valence-electron chi connectivity index (χ4n) is 2.46. The van der Waals surface area contributed by atoms with Crippen LogP contribution in [0.15, 0.2) is 47.9 Å². The summed E-state index contributed by atoms with van der Waals surface area (Å²) in [4.78, 5) is 23.2. The van der Waals surface area contributed by atoms with E-state index in [1.165, 1.54) is 0 Å². The number of aromatic nitrogens is 2. The zero-order chi connectivity index (χ0) is 16.9. The predicted molar refractivity (Wildman–Crippen MR) is 98.7 cm³/mol. The Labute approximate surface area is 145 Å². The Morgan fingerprint density at radius 3 is 2.79 bits per heavy atom. The molecule has 0 atom stereocenters. The van der Waals surface area contributed by atoms with Gasteiger partial charge in [-0.2, -0.15) is 0 Å². The van der Waals surface area contributed by atoms with Crippen LogP contribution < -0.4 is 0 Å². The fraction of sp³-hybridized carbons (Fsp3) is 0.211. The predicted octanol–water partition coefficient (Wildman–Crippen LogP) is 4.06. The number of rotatable bonds is 5. The lowest BCUT2D eigenvalue weighted by atomic mass is 10.2. The first-order valence-electron chi connectivity index (χ1n) is 7.89. The van der Waals surface area contributed by atoms with Crippen LogP contribution in [-0.4, -0.2) is 27.3 Å². The minimum absolute atomic E-state index is 0.0295. The maximum atomic E-state index is 12.4. The van der Waals surface area contributed by atoms with Gasteiger partial charge in [-0.3, -0.25) is 9.78 Å². The fourth-order valence-corrected chi connectivity index (χ4v) is 3.04. The third kappa shape index (κ3) is 3.86. The number of carbonyl (C=O) groups is 1. The van der Waals surface area contributed by atoms with Gasteiger partial charge in [0, 0.05) is 23.4 Å². The van der Waals surface area contributed by atoms with E-state index in [2.05, 4.69) is 9.97 Å². The Kier molecular flexibility index (Phi) is 5.01. The molecule has 1 aromatic carbocycles. The van der Waals surface area contributed by atoms with Crippen molar-refractivity contribution in [1.29, 1.82) is 0 Å². The van der Waals surface area contributed by atoms with Crippen LogP contribution >= 0.6 is 11.3 Å². The quantitative estimate of drug-likeness (QED) is 0.660. The molecule has 0 radical (unpaired) electrons. The molecule has 0 unspecified atom stereocenters. The Morgan fingerprint density at radius 1 is 1.21 bits per heavy atom. The molecule has 0 aliphatic carbocycles. The SMILES string of the molecule is CCN(Cc1ccc2ccccc2n1)C(=O)/C=C/c1csc(C)n1. The molecular weight excluding hydrogens is 318 g/mol. The average Bonchev–Trinajstić information content (AvgIpc) is 3.02. The number of fused-ring (bicyclic) bond motifs is 1. The molecule has 3 rings (SSSR count). The molecule has 0 fully saturated rings. The van der Waals surface area contributed by atoms with Crippen molar-refractivity contribution >= 4 is 34.2 Å². The van der Waals surface area contributed by atoms with Crippen molar-refractivity contribution in [3.8, 4) is 0 Å². The van der Waals surface area contributed by atoms with Crippen molar-refractivity contribution < 1.29 is 4.79 Å². The summed E-state index contributed by atoms with van der Waals surface area (Å²) < 4.78 is 0. The van der Waals surface area contributed by atoms with Crippen LogP contribution in [0.25, 0.3) is 17.0 Å². The van der Waals surface area contributed by atoms with E-state index in [0.29, 0.717) is 13.1 Å². The molecule has 0 saturated heterocycles. The number of hydrogen-bond acceptors (Lipinski definition) is 4. The average molecular weight is 337 g/mol. The second-order valence-corrected chi connectivity index (χ2v) is 6.53. The number of aryl methyl sites for hydroxylation is 1. The molecule has 3 aromatic rings. The lowest BCUT2D eigenvalue weighted by molar-refractivity contribution is -0.126.